The Hall–Kier alpha value is -2.69. The fourth-order valence-electron chi connectivity index (χ4n) is 3.13. The molecule has 1 atom stereocenters. The van der Waals surface area contributed by atoms with Crippen LogP contribution >= 0.6 is 0 Å². The highest BCUT2D eigenvalue weighted by Crippen LogP contribution is 2.28. The molecule has 2 amide bonds. The summed E-state index contributed by atoms with van der Waals surface area (Å²) in [6.45, 7) is 2.02. The Kier molecular flexibility index (Phi) is 5.12. The maximum atomic E-state index is 13.6. The number of aryl methyl sites for hydroxylation is 1. The Balaban J connectivity index is 1.63. The van der Waals surface area contributed by atoms with Crippen LogP contribution in [0.4, 0.5) is 15.8 Å². The number of anilines is 2. The molecule has 2 aromatic carbocycles. The highest BCUT2D eigenvalue weighted by Gasteiger charge is 2.28. The van der Waals surface area contributed by atoms with E-state index < -0.39 is 0 Å². The van der Waals surface area contributed by atoms with E-state index in [1.807, 2.05) is 19.1 Å². The Morgan fingerprint density at radius 3 is 2.76 bits per heavy atom. The first-order chi connectivity index (χ1) is 12.0. The van der Waals surface area contributed by atoms with E-state index >= 15 is 0 Å². The van der Waals surface area contributed by atoms with Crippen molar-refractivity contribution in [2.24, 2.45) is 0 Å². The van der Waals surface area contributed by atoms with Gasteiger partial charge >= 0.3 is 0 Å². The minimum Gasteiger partial charge on any atom is -0.326 e. The molecule has 0 saturated carbocycles. The molecule has 1 aliphatic rings. The zero-order chi connectivity index (χ0) is 17.8. The number of hydrogen-bond donors (Lipinski definition) is 1. The smallest absolute Gasteiger partial charge is 0.227 e. The van der Waals surface area contributed by atoms with Gasteiger partial charge in [0, 0.05) is 30.3 Å². The second kappa shape index (κ2) is 7.47. The van der Waals surface area contributed by atoms with Crippen molar-refractivity contribution in [1.82, 2.24) is 0 Å². The van der Waals surface area contributed by atoms with Gasteiger partial charge in [-0.1, -0.05) is 24.3 Å². The van der Waals surface area contributed by atoms with Crippen molar-refractivity contribution in [3.63, 3.8) is 0 Å². The molecule has 5 heteroatoms. The van der Waals surface area contributed by atoms with Crippen molar-refractivity contribution in [2.75, 3.05) is 10.2 Å². The van der Waals surface area contributed by atoms with Crippen LogP contribution in [-0.2, 0) is 16.0 Å². The molecule has 1 N–H and O–H groups in total. The molecule has 25 heavy (non-hydrogen) atoms. The summed E-state index contributed by atoms with van der Waals surface area (Å²) in [5, 5.41) is 2.83. The van der Waals surface area contributed by atoms with Gasteiger partial charge in [-0.25, -0.2) is 4.39 Å². The molecule has 1 aliphatic heterocycles. The molecule has 1 unspecified atom stereocenters. The van der Waals surface area contributed by atoms with Crippen molar-refractivity contribution in [3.05, 3.63) is 59.9 Å². The molecule has 3 rings (SSSR count). The molecular formula is C20H21FN2O2. The highest BCUT2D eigenvalue weighted by atomic mass is 19.1. The number of hydrogen-bond acceptors (Lipinski definition) is 2. The molecule has 0 aromatic heterocycles. The van der Waals surface area contributed by atoms with Gasteiger partial charge in [-0.15, -0.1) is 0 Å². The summed E-state index contributed by atoms with van der Waals surface area (Å²) in [6.07, 6.45) is 1.95. The van der Waals surface area contributed by atoms with Crippen molar-refractivity contribution < 1.29 is 14.0 Å². The van der Waals surface area contributed by atoms with E-state index in [0.29, 0.717) is 24.1 Å². The Morgan fingerprint density at radius 1 is 1.24 bits per heavy atom. The molecular weight excluding hydrogens is 319 g/mol. The van der Waals surface area contributed by atoms with Crippen LogP contribution in [0.2, 0.25) is 0 Å². The predicted molar refractivity (Wildman–Crippen MR) is 96.0 cm³/mol. The van der Waals surface area contributed by atoms with Gasteiger partial charge in [0.05, 0.1) is 0 Å². The van der Waals surface area contributed by atoms with E-state index in [1.165, 1.54) is 6.07 Å². The number of nitrogens with zero attached hydrogens (tertiary/aromatic N) is 1. The van der Waals surface area contributed by atoms with Crippen LogP contribution in [0.5, 0.6) is 0 Å². The molecule has 4 nitrogen and oxygen atoms in total. The van der Waals surface area contributed by atoms with Gasteiger partial charge in [-0.2, -0.15) is 0 Å². The van der Waals surface area contributed by atoms with Crippen molar-refractivity contribution in [2.45, 2.75) is 38.6 Å². The number of halogens is 1. The van der Waals surface area contributed by atoms with E-state index in [4.69, 9.17) is 0 Å². The van der Waals surface area contributed by atoms with E-state index in [2.05, 4.69) is 5.32 Å². The topological polar surface area (TPSA) is 49.4 Å². The molecule has 0 radical (unpaired) electrons. The molecule has 130 valence electrons. The van der Waals surface area contributed by atoms with Crippen LogP contribution in [0.15, 0.2) is 48.5 Å². The average Bonchev–Trinajstić information content (AvgIpc) is 2.93. The maximum Gasteiger partial charge on any atom is 0.227 e. The first-order valence-corrected chi connectivity index (χ1v) is 8.50. The summed E-state index contributed by atoms with van der Waals surface area (Å²) in [5.74, 6) is -0.365. The van der Waals surface area contributed by atoms with Gasteiger partial charge in [0.1, 0.15) is 5.82 Å². The van der Waals surface area contributed by atoms with Crippen LogP contribution in [0.1, 0.15) is 31.7 Å². The van der Waals surface area contributed by atoms with Gasteiger partial charge < -0.3 is 10.2 Å². The number of rotatable bonds is 5. The normalized spacial score (nSPS) is 17.0. The van der Waals surface area contributed by atoms with Gasteiger partial charge in [0.2, 0.25) is 11.8 Å². The van der Waals surface area contributed by atoms with Gasteiger partial charge in [0.25, 0.3) is 0 Å². The van der Waals surface area contributed by atoms with Crippen LogP contribution in [-0.4, -0.2) is 17.9 Å². The second-order valence-electron chi connectivity index (χ2n) is 6.34. The van der Waals surface area contributed by atoms with Crippen molar-refractivity contribution in [3.8, 4) is 0 Å². The third-order valence-corrected chi connectivity index (χ3v) is 4.47. The molecule has 0 spiro atoms. The number of carbonyl (C=O) groups is 2. The van der Waals surface area contributed by atoms with Gasteiger partial charge in [-0.05, 0) is 49.6 Å². The van der Waals surface area contributed by atoms with Crippen LogP contribution in [0.25, 0.3) is 0 Å². The maximum absolute atomic E-state index is 13.6. The molecule has 1 fully saturated rings. The first-order valence-electron chi connectivity index (χ1n) is 8.50. The van der Waals surface area contributed by atoms with Crippen molar-refractivity contribution >= 4 is 23.2 Å². The summed E-state index contributed by atoms with van der Waals surface area (Å²) in [7, 11) is 0. The predicted octanol–water partition coefficient (Wildman–Crippen LogP) is 3.91. The minimum atomic E-state index is -0.293. The lowest BCUT2D eigenvalue weighted by atomic mass is 10.1. The molecule has 0 aliphatic carbocycles. The zero-order valence-corrected chi connectivity index (χ0v) is 14.2. The summed E-state index contributed by atoms with van der Waals surface area (Å²) < 4.78 is 13.6. The number of benzene rings is 2. The average molecular weight is 340 g/mol. The quantitative estimate of drug-likeness (QED) is 0.897. The van der Waals surface area contributed by atoms with Gasteiger partial charge in [0.15, 0.2) is 0 Å². The molecule has 1 saturated heterocycles. The Morgan fingerprint density at radius 2 is 2.04 bits per heavy atom. The standard InChI is InChI=1S/C20H21FN2O2/c1-14-9-12-20(25)23(14)17-7-4-6-16(13-17)22-19(24)11-10-15-5-2-3-8-18(15)21/h2-8,13-14H,9-12H2,1H3,(H,22,24). The Bertz CT molecular complexity index is 791. The monoisotopic (exact) mass is 340 g/mol. The van der Waals surface area contributed by atoms with E-state index in [-0.39, 0.29) is 30.1 Å². The zero-order valence-electron chi connectivity index (χ0n) is 14.2. The molecule has 1 heterocycles. The van der Waals surface area contributed by atoms with Crippen LogP contribution in [0, 0.1) is 5.82 Å². The van der Waals surface area contributed by atoms with E-state index in [0.717, 1.165) is 12.1 Å². The summed E-state index contributed by atoms with van der Waals surface area (Å²) >= 11 is 0. The lowest BCUT2D eigenvalue weighted by molar-refractivity contribution is -0.117. The summed E-state index contributed by atoms with van der Waals surface area (Å²) in [5.41, 5.74) is 1.97. The summed E-state index contributed by atoms with van der Waals surface area (Å²) in [6, 6.07) is 13.9. The highest BCUT2D eigenvalue weighted by molar-refractivity contribution is 5.97. The second-order valence-corrected chi connectivity index (χ2v) is 6.34. The van der Waals surface area contributed by atoms with Crippen molar-refractivity contribution in [1.29, 1.82) is 0 Å². The molecule has 2 aromatic rings. The third kappa shape index (κ3) is 4.05. The number of nitrogens with one attached hydrogen (secondary N) is 1. The number of amides is 2. The third-order valence-electron chi connectivity index (χ3n) is 4.47. The molecule has 0 bridgehead atoms. The SMILES string of the molecule is CC1CCC(=O)N1c1cccc(NC(=O)CCc2ccccc2F)c1. The summed E-state index contributed by atoms with van der Waals surface area (Å²) in [4.78, 5) is 25.9. The van der Waals surface area contributed by atoms with E-state index in [9.17, 15) is 14.0 Å². The van der Waals surface area contributed by atoms with Crippen LogP contribution < -0.4 is 10.2 Å². The fourth-order valence-corrected chi connectivity index (χ4v) is 3.13. The number of carbonyl (C=O) groups excluding carboxylic acids is 2. The lowest BCUT2D eigenvalue weighted by Crippen LogP contribution is -2.30. The lowest BCUT2D eigenvalue weighted by Gasteiger charge is -2.22. The Labute approximate surface area is 146 Å². The fraction of sp³-hybridized carbons (Fsp3) is 0.300. The minimum absolute atomic E-state index is 0.107. The van der Waals surface area contributed by atoms with E-state index in [1.54, 1.807) is 35.2 Å². The van der Waals surface area contributed by atoms with Gasteiger partial charge in [-0.3, -0.25) is 9.59 Å². The largest absolute Gasteiger partial charge is 0.326 e. The van der Waals surface area contributed by atoms with Crippen LogP contribution in [0.3, 0.4) is 0 Å². The first kappa shape index (κ1) is 17.1.